The number of rotatable bonds is 11. The molecule has 108 valence electrons. The van der Waals surface area contributed by atoms with Crippen LogP contribution in [-0.4, -0.2) is 41.8 Å². The van der Waals surface area contributed by atoms with Crippen LogP contribution in [-0.2, 0) is 11.3 Å². The van der Waals surface area contributed by atoms with Gasteiger partial charge in [-0.2, -0.15) is 0 Å². The second-order valence-electron chi connectivity index (χ2n) is 4.38. The van der Waals surface area contributed by atoms with Crippen LogP contribution in [0.4, 0.5) is 0 Å². The molecule has 1 aromatic heterocycles. The number of amides is 1. The van der Waals surface area contributed by atoms with Gasteiger partial charge in [0.25, 0.3) is 5.91 Å². The predicted molar refractivity (Wildman–Crippen MR) is 74.0 cm³/mol. The van der Waals surface area contributed by atoms with E-state index in [9.17, 15) is 4.79 Å². The largest absolute Gasteiger partial charge is 0.381 e. The third-order valence-electron chi connectivity index (χ3n) is 2.75. The number of aromatic nitrogens is 2. The van der Waals surface area contributed by atoms with Crippen molar-refractivity contribution in [2.45, 2.75) is 32.7 Å². The smallest absolute Gasteiger partial charge is 0.284 e. The van der Waals surface area contributed by atoms with Gasteiger partial charge in [0.2, 0.25) is 0 Å². The molecule has 0 aliphatic rings. The molecular formula is C13H24N4O2. The zero-order chi connectivity index (χ0) is 13.9. The summed E-state index contributed by atoms with van der Waals surface area (Å²) in [7, 11) is 0. The first-order valence-electron chi connectivity index (χ1n) is 6.85. The normalized spacial score (nSPS) is 10.8. The van der Waals surface area contributed by atoms with Gasteiger partial charge < -0.3 is 20.4 Å². The van der Waals surface area contributed by atoms with Crippen molar-refractivity contribution < 1.29 is 9.53 Å². The average Bonchev–Trinajstić information content (AvgIpc) is 2.85. The molecule has 0 unspecified atom stereocenters. The molecule has 1 rings (SSSR count). The van der Waals surface area contributed by atoms with Crippen LogP contribution >= 0.6 is 0 Å². The van der Waals surface area contributed by atoms with E-state index in [0.717, 1.165) is 39.1 Å². The number of ether oxygens (including phenoxy) is 1. The van der Waals surface area contributed by atoms with Crippen molar-refractivity contribution in [1.29, 1.82) is 0 Å². The number of nitrogens with two attached hydrogens (primary N) is 1. The maximum Gasteiger partial charge on any atom is 0.284 e. The van der Waals surface area contributed by atoms with Crippen LogP contribution in [0, 0.1) is 0 Å². The Bertz CT molecular complexity index is 365. The summed E-state index contributed by atoms with van der Waals surface area (Å²) < 4.78 is 7.22. The summed E-state index contributed by atoms with van der Waals surface area (Å²) in [6, 6.07) is 0. The predicted octanol–water partition coefficient (Wildman–Crippen LogP) is 0.778. The number of imidazole rings is 1. The molecule has 0 aliphatic carbocycles. The van der Waals surface area contributed by atoms with Crippen molar-refractivity contribution >= 4 is 5.91 Å². The van der Waals surface area contributed by atoms with Crippen LogP contribution in [0.1, 0.15) is 36.8 Å². The molecule has 0 radical (unpaired) electrons. The zero-order valence-corrected chi connectivity index (χ0v) is 11.6. The van der Waals surface area contributed by atoms with Gasteiger partial charge in [-0.25, -0.2) is 4.98 Å². The van der Waals surface area contributed by atoms with Gasteiger partial charge in [-0.05, 0) is 19.4 Å². The summed E-state index contributed by atoms with van der Waals surface area (Å²) in [5, 5.41) is 3.30. The first-order chi connectivity index (χ1) is 9.25. The first-order valence-corrected chi connectivity index (χ1v) is 6.85. The summed E-state index contributed by atoms with van der Waals surface area (Å²) in [6.45, 7) is 6.19. The van der Waals surface area contributed by atoms with Crippen LogP contribution in [0.5, 0.6) is 0 Å². The lowest BCUT2D eigenvalue weighted by Crippen LogP contribution is -2.25. The van der Waals surface area contributed by atoms with Crippen LogP contribution < -0.4 is 11.1 Å². The monoisotopic (exact) mass is 268 g/mol. The quantitative estimate of drug-likeness (QED) is 0.581. The second-order valence-corrected chi connectivity index (χ2v) is 4.38. The second kappa shape index (κ2) is 9.52. The Labute approximate surface area is 114 Å². The fourth-order valence-corrected chi connectivity index (χ4v) is 1.69. The van der Waals surface area contributed by atoms with Crippen molar-refractivity contribution in [2.24, 2.45) is 5.73 Å². The van der Waals surface area contributed by atoms with E-state index >= 15 is 0 Å². The Kier molecular flexibility index (Phi) is 7.84. The molecule has 6 heteroatoms. The molecule has 0 saturated heterocycles. The topological polar surface area (TPSA) is 82.2 Å². The summed E-state index contributed by atoms with van der Waals surface area (Å²) in [6.07, 6.45) is 6.64. The van der Waals surface area contributed by atoms with Gasteiger partial charge in [0, 0.05) is 38.7 Å². The lowest BCUT2D eigenvalue weighted by atomic mass is 10.3. The van der Waals surface area contributed by atoms with E-state index in [2.05, 4.69) is 17.2 Å². The van der Waals surface area contributed by atoms with E-state index in [1.165, 1.54) is 6.42 Å². The molecule has 0 spiro atoms. The molecule has 19 heavy (non-hydrogen) atoms. The van der Waals surface area contributed by atoms with E-state index in [4.69, 9.17) is 10.5 Å². The van der Waals surface area contributed by atoms with Gasteiger partial charge in [0.1, 0.15) is 0 Å². The van der Waals surface area contributed by atoms with Gasteiger partial charge in [-0.15, -0.1) is 0 Å². The maximum absolute atomic E-state index is 11.0. The summed E-state index contributed by atoms with van der Waals surface area (Å²) in [5.74, 6) is -0.181. The molecule has 0 aromatic carbocycles. The molecule has 1 heterocycles. The number of nitrogens with zero attached hydrogens (tertiary/aromatic N) is 2. The molecule has 3 N–H and O–H groups in total. The highest BCUT2D eigenvalue weighted by molar-refractivity contribution is 5.89. The van der Waals surface area contributed by atoms with Gasteiger partial charge in [0.15, 0.2) is 5.82 Å². The summed E-state index contributed by atoms with van der Waals surface area (Å²) >= 11 is 0. The van der Waals surface area contributed by atoms with E-state index in [1.807, 2.05) is 0 Å². The van der Waals surface area contributed by atoms with E-state index < -0.39 is 5.91 Å². The van der Waals surface area contributed by atoms with E-state index in [-0.39, 0.29) is 0 Å². The van der Waals surface area contributed by atoms with E-state index in [0.29, 0.717) is 12.4 Å². The van der Waals surface area contributed by atoms with Crippen molar-refractivity contribution in [3.05, 3.63) is 18.2 Å². The fraction of sp³-hybridized carbons (Fsp3) is 0.692. The van der Waals surface area contributed by atoms with Crippen LogP contribution in [0.2, 0.25) is 0 Å². The maximum atomic E-state index is 11.0. The lowest BCUT2D eigenvalue weighted by Gasteiger charge is -2.07. The molecule has 0 saturated carbocycles. The van der Waals surface area contributed by atoms with Crippen molar-refractivity contribution in [1.82, 2.24) is 14.9 Å². The number of carbonyl (C=O) groups is 1. The number of unbranched alkanes of at least 4 members (excludes halogenated alkanes) is 1. The van der Waals surface area contributed by atoms with E-state index in [1.54, 1.807) is 17.0 Å². The fourth-order valence-electron chi connectivity index (χ4n) is 1.69. The van der Waals surface area contributed by atoms with Crippen molar-refractivity contribution in [3.63, 3.8) is 0 Å². The molecule has 1 aromatic rings. The number of hydrogen-bond acceptors (Lipinski definition) is 4. The molecule has 1 amide bonds. The minimum Gasteiger partial charge on any atom is -0.381 e. The standard InChI is InChI=1S/C13H24N4O2/c1-2-3-10-19-11-4-5-15-6-8-17-9-7-16-13(17)12(14)18/h7,9,15H,2-6,8,10-11H2,1H3,(H2,14,18). The Balaban J connectivity index is 2.02. The average molecular weight is 268 g/mol. The highest BCUT2D eigenvalue weighted by atomic mass is 16.5. The van der Waals surface area contributed by atoms with Gasteiger partial charge >= 0.3 is 0 Å². The molecule has 0 aliphatic heterocycles. The van der Waals surface area contributed by atoms with Crippen molar-refractivity contribution in [3.8, 4) is 0 Å². The number of carbonyl (C=O) groups excluding carboxylic acids is 1. The number of primary amides is 1. The molecular weight excluding hydrogens is 244 g/mol. The minimum absolute atomic E-state index is 0.310. The molecule has 0 bridgehead atoms. The third kappa shape index (κ3) is 6.35. The summed E-state index contributed by atoms with van der Waals surface area (Å²) in [5.41, 5.74) is 5.21. The zero-order valence-electron chi connectivity index (χ0n) is 11.6. The highest BCUT2D eigenvalue weighted by Gasteiger charge is 2.07. The number of nitrogens with one attached hydrogen (secondary N) is 1. The Morgan fingerprint density at radius 3 is 2.95 bits per heavy atom. The van der Waals surface area contributed by atoms with Crippen LogP contribution in [0.3, 0.4) is 0 Å². The van der Waals surface area contributed by atoms with Crippen LogP contribution in [0.25, 0.3) is 0 Å². The van der Waals surface area contributed by atoms with Gasteiger partial charge in [-0.1, -0.05) is 13.3 Å². The first kappa shape index (κ1) is 15.7. The summed E-state index contributed by atoms with van der Waals surface area (Å²) in [4.78, 5) is 15.0. The highest BCUT2D eigenvalue weighted by Crippen LogP contribution is 1.95. The van der Waals surface area contributed by atoms with Crippen LogP contribution in [0.15, 0.2) is 12.4 Å². The lowest BCUT2D eigenvalue weighted by molar-refractivity contribution is 0.0986. The van der Waals surface area contributed by atoms with Gasteiger partial charge in [-0.3, -0.25) is 4.79 Å². The molecule has 6 nitrogen and oxygen atoms in total. The SMILES string of the molecule is CCCCOCCCNCCn1ccnc1C(N)=O. The minimum atomic E-state index is -0.491. The van der Waals surface area contributed by atoms with Gasteiger partial charge in [0.05, 0.1) is 0 Å². The Morgan fingerprint density at radius 2 is 2.21 bits per heavy atom. The molecule has 0 atom stereocenters. The number of hydrogen-bond donors (Lipinski definition) is 2. The Morgan fingerprint density at radius 1 is 1.42 bits per heavy atom. The molecule has 0 fully saturated rings. The van der Waals surface area contributed by atoms with Crippen molar-refractivity contribution in [2.75, 3.05) is 26.3 Å². The third-order valence-corrected chi connectivity index (χ3v) is 2.75. The Hall–Kier alpha value is -1.40.